The smallest absolute Gasteiger partial charge is 0.297 e. The van der Waals surface area contributed by atoms with Gasteiger partial charge in [0.2, 0.25) is 0 Å². The normalized spacial score (nSPS) is 14.2. The third kappa shape index (κ3) is 5.00. The average molecular weight is 470 g/mol. The molecular formula is C27H27N5OS. The highest BCUT2D eigenvalue weighted by molar-refractivity contribution is 7.80. The summed E-state index contributed by atoms with van der Waals surface area (Å²) in [6.07, 6.45) is 1.79. The standard InChI is InChI=1S/C27H27N5OS/c1-18-9-8-10-19(2)24(18)29-27(34)30-32-25(21-11-6-5-7-12-21)28-23(26(32)33)17-20-13-15-22(16-14-20)31(3)4/h5-17H,1-4H3,(H2,29,30,34)/b23-17-. The van der Waals surface area contributed by atoms with Gasteiger partial charge in [-0.15, -0.1) is 0 Å². The van der Waals surface area contributed by atoms with Crippen LogP contribution in [0.5, 0.6) is 0 Å². The predicted octanol–water partition coefficient (Wildman–Crippen LogP) is 4.90. The Morgan fingerprint density at radius 2 is 1.59 bits per heavy atom. The second kappa shape index (κ2) is 9.89. The highest BCUT2D eigenvalue weighted by atomic mass is 32.1. The number of hydrogen-bond donors (Lipinski definition) is 2. The van der Waals surface area contributed by atoms with Crippen LogP contribution < -0.4 is 15.6 Å². The Morgan fingerprint density at radius 1 is 0.941 bits per heavy atom. The molecule has 3 aromatic rings. The lowest BCUT2D eigenvalue weighted by atomic mass is 10.1. The first kappa shape index (κ1) is 23.2. The zero-order valence-electron chi connectivity index (χ0n) is 19.7. The second-order valence-electron chi connectivity index (χ2n) is 8.29. The molecule has 0 saturated heterocycles. The molecule has 1 aliphatic rings. The molecular weight excluding hydrogens is 442 g/mol. The first-order valence-electron chi connectivity index (χ1n) is 10.9. The van der Waals surface area contributed by atoms with Crippen molar-refractivity contribution >= 4 is 46.5 Å². The zero-order chi connectivity index (χ0) is 24.2. The number of aliphatic imine (C=N–C) groups is 1. The van der Waals surface area contributed by atoms with Gasteiger partial charge >= 0.3 is 0 Å². The summed E-state index contributed by atoms with van der Waals surface area (Å²) in [5.41, 5.74) is 9.21. The van der Waals surface area contributed by atoms with Crippen molar-refractivity contribution in [1.29, 1.82) is 0 Å². The first-order chi connectivity index (χ1) is 16.3. The van der Waals surface area contributed by atoms with Crippen molar-refractivity contribution in [2.45, 2.75) is 13.8 Å². The Hall–Kier alpha value is -3.97. The molecule has 0 aliphatic carbocycles. The van der Waals surface area contributed by atoms with Gasteiger partial charge in [-0.2, -0.15) is 5.01 Å². The van der Waals surface area contributed by atoms with E-state index in [2.05, 4.69) is 15.7 Å². The minimum absolute atomic E-state index is 0.277. The molecule has 0 saturated carbocycles. The van der Waals surface area contributed by atoms with Gasteiger partial charge in [-0.25, -0.2) is 4.99 Å². The Kier molecular flexibility index (Phi) is 6.75. The number of amidine groups is 1. The molecule has 0 fully saturated rings. The van der Waals surface area contributed by atoms with Gasteiger partial charge in [0.1, 0.15) is 5.70 Å². The molecule has 1 amide bonds. The monoisotopic (exact) mass is 469 g/mol. The van der Waals surface area contributed by atoms with E-state index < -0.39 is 0 Å². The quantitative estimate of drug-likeness (QED) is 0.411. The van der Waals surface area contributed by atoms with Gasteiger partial charge < -0.3 is 10.2 Å². The fourth-order valence-electron chi connectivity index (χ4n) is 3.68. The van der Waals surface area contributed by atoms with E-state index in [0.717, 1.165) is 33.6 Å². The van der Waals surface area contributed by atoms with Crippen LogP contribution in [0.4, 0.5) is 11.4 Å². The van der Waals surface area contributed by atoms with Crippen molar-refractivity contribution in [2.24, 2.45) is 4.99 Å². The number of benzene rings is 3. The van der Waals surface area contributed by atoms with Crippen LogP contribution in [0.25, 0.3) is 6.08 Å². The lowest BCUT2D eigenvalue weighted by Gasteiger charge is -2.22. The lowest BCUT2D eigenvalue weighted by Crippen LogP contribution is -2.49. The SMILES string of the molecule is Cc1cccc(C)c1NC(=S)NN1C(=O)/C(=C/c2ccc(N(C)C)cc2)N=C1c1ccccc1. The maximum absolute atomic E-state index is 13.4. The molecule has 0 radical (unpaired) electrons. The molecule has 3 aromatic carbocycles. The number of anilines is 2. The van der Waals surface area contributed by atoms with Gasteiger partial charge in [-0.3, -0.25) is 10.2 Å². The summed E-state index contributed by atoms with van der Waals surface area (Å²) in [5.74, 6) is 0.216. The summed E-state index contributed by atoms with van der Waals surface area (Å²) < 4.78 is 0. The molecule has 0 bridgehead atoms. The van der Waals surface area contributed by atoms with E-state index in [9.17, 15) is 4.79 Å². The number of amides is 1. The van der Waals surface area contributed by atoms with E-state index in [1.54, 1.807) is 6.08 Å². The van der Waals surface area contributed by atoms with E-state index in [1.165, 1.54) is 5.01 Å². The van der Waals surface area contributed by atoms with Crippen molar-refractivity contribution in [3.63, 3.8) is 0 Å². The topological polar surface area (TPSA) is 60.0 Å². The molecule has 0 atom stereocenters. The molecule has 0 spiro atoms. The molecule has 1 aliphatic heterocycles. The fourth-order valence-corrected chi connectivity index (χ4v) is 3.88. The van der Waals surface area contributed by atoms with E-state index in [0.29, 0.717) is 16.6 Å². The van der Waals surface area contributed by atoms with E-state index in [-0.39, 0.29) is 5.91 Å². The van der Waals surface area contributed by atoms with Crippen LogP contribution in [0.15, 0.2) is 83.5 Å². The predicted molar refractivity (Wildman–Crippen MR) is 144 cm³/mol. The van der Waals surface area contributed by atoms with Crippen molar-refractivity contribution < 1.29 is 4.79 Å². The molecule has 7 heteroatoms. The molecule has 34 heavy (non-hydrogen) atoms. The number of thiocarbonyl (C=S) groups is 1. The van der Waals surface area contributed by atoms with E-state index >= 15 is 0 Å². The Balaban J connectivity index is 1.62. The number of aryl methyl sites for hydroxylation is 2. The van der Waals surface area contributed by atoms with Gasteiger partial charge in [0.15, 0.2) is 10.9 Å². The number of carbonyl (C=O) groups excluding carboxylic acids is 1. The van der Waals surface area contributed by atoms with Crippen LogP contribution >= 0.6 is 12.2 Å². The first-order valence-corrected chi connectivity index (χ1v) is 11.4. The summed E-state index contributed by atoms with van der Waals surface area (Å²) in [7, 11) is 3.98. The minimum Gasteiger partial charge on any atom is -0.378 e. The lowest BCUT2D eigenvalue weighted by molar-refractivity contribution is -0.123. The summed E-state index contributed by atoms with van der Waals surface area (Å²) in [6, 6.07) is 23.6. The van der Waals surface area contributed by atoms with Crippen LogP contribution in [0.2, 0.25) is 0 Å². The van der Waals surface area contributed by atoms with Gasteiger partial charge in [0.25, 0.3) is 5.91 Å². The molecule has 2 N–H and O–H groups in total. The summed E-state index contributed by atoms with van der Waals surface area (Å²) in [6.45, 7) is 4.02. The molecule has 1 heterocycles. The van der Waals surface area contributed by atoms with E-state index in [1.807, 2.05) is 106 Å². The highest BCUT2D eigenvalue weighted by Crippen LogP contribution is 2.23. The van der Waals surface area contributed by atoms with E-state index in [4.69, 9.17) is 12.2 Å². The van der Waals surface area contributed by atoms with Gasteiger partial charge in [-0.05, 0) is 61.0 Å². The van der Waals surface area contributed by atoms with Crippen molar-refractivity contribution in [2.75, 3.05) is 24.3 Å². The Bertz CT molecular complexity index is 1260. The highest BCUT2D eigenvalue weighted by Gasteiger charge is 2.32. The summed E-state index contributed by atoms with van der Waals surface area (Å²) in [4.78, 5) is 20.1. The molecule has 0 aromatic heterocycles. The molecule has 0 unspecified atom stereocenters. The summed E-state index contributed by atoms with van der Waals surface area (Å²) in [5, 5.41) is 4.94. The largest absolute Gasteiger partial charge is 0.378 e. The van der Waals surface area contributed by atoms with Crippen LogP contribution in [0.3, 0.4) is 0 Å². The number of nitrogens with zero attached hydrogens (tertiary/aromatic N) is 3. The number of hydrazine groups is 1. The number of rotatable bonds is 5. The van der Waals surface area contributed by atoms with Crippen LogP contribution in [-0.2, 0) is 4.79 Å². The third-order valence-electron chi connectivity index (χ3n) is 5.54. The zero-order valence-corrected chi connectivity index (χ0v) is 20.5. The maximum Gasteiger partial charge on any atom is 0.297 e. The van der Waals surface area contributed by atoms with Crippen LogP contribution in [0, 0.1) is 13.8 Å². The third-order valence-corrected chi connectivity index (χ3v) is 5.73. The van der Waals surface area contributed by atoms with Gasteiger partial charge in [0.05, 0.1) is 0 Å². The second-order valence-corrected chi connectivity index (χ2v) is 8.70. The Labute approximate surface area is 205 Å². The molecule has 6 nitrogen and oxygen atoms in total. The maximum atomic E-state index is 13.4. The van der Waals surface area contributed by atoms with Gasteiger partial charge in [0, 0.05) is 31.0 Å². The number of hydrogen-bond acceptors (Lipinski definition) is 4. The molecule has 4 rings (SSSR count). The minimum atomic E-state index is -0.277. The van der Waals surface area contributed by atoms with Crippen molar-refractivity contribution in [3.05, 3.63) is 101 Å². The fraction of sp³-hybridized carbons (Fsp3) is 0.148. The average Bonchev–Trinajstić information content (AvgIpc) is 3.12. The van der Waals surface area contributed by atoms with Crippen molar-refractivity contribution in [3.8, 4) is 0 Å². The number of nitrogens with one attached hydrogen (secondary N) is 2. The molecule has 172 valence electrons. The van der Waals surface area contributed by atoms with Crippen molar-refractivity contribution in [1.82, 2.24) is 10.4 Å². The number of para-hydroxylation sites is 1. The van der Waals surface area contributed by atoms with Crippen LogP contribution in [0.1, 0.15) is 22.3 Å². The van der Waals surface area contributed by atoms with Gasteiger partial charge in [-0.1, -0.05) is 60.7 Å². The number of carbonyl (C=O) groups is 1. The Morgan fingerprint density at radius 3 is 2.21 bits per heavy atom. The van der Waals surface area contributed by atoms with Crippen LogP contribution in [-0.4, -0.2) is 36.0 Å². The summed E-state index contributed by atoms with van der Waals surface area (Å²) >= 11 is 5.56.